The number of nitrogens with zero attached hydrogens (tertiary/aromatic N) is 3. The van der Waals surface area contributed by atoms with Crippen LogP contribution >= 0.6 is 0 Å². The summed E-state index contributed by atoms with van der Waals surface area (Å²) >= 11 is 0. The smallest absolute Gasteiger partial charge is 0.271 e. The number of nitrogens with one attached hydrogen (secondary N) is 2. The summed E-state index contributed by atoms with van der Waals surface area (Å²) in [7, 11) is 4.00. The van der Waals surface area contributed by atoms with Gasteiger partial charge < -0.3 is 15.5 Å². The molecule has 0 atom stereocenters. The van der Waals surface area contributed by atoms with Crippen molar-refractivity contribution < 1.29 is 4.79 Å². The highest BCUT2D eigenvalue weighted by Gasteiger charge is 2.06. The average molecular weight is 249 g/mol. The minimum atomic E-state index is -0.248. The quantitative estimate of drug-likeness (QED) is 0.683. The minimum Gasteiger partial charge on any atom is -0.368 e. The van der Waals surface area contributed by atoms with E-state index in [0.29, 0.717) is 18.1 Å². The van der Waals surface area contributed by atoms with Gasteiger partial charge in [-0.05, 0) is 14.1 Å². The summed E-state index contributed by atoms with van der Waals surface area (Å²) in [5, 5.41) is 5.76. The molecule has 0 aromatic carbocycles. The number of likely N-dealkylation sites (N-methyl/N-ethyl adjacent to an activating group) is 1. The zero-order valence-corrected chi connectivity index (χ0v) is 10.8. The number of anilines is 1. The SMILES string of the molecule is C=CCNC(=O)c1cnc(NCCN(C)C)cn1. The molecule has 1 heterocycles. The lowest BCUT2D eigenvalue weighted by Gasteiger charge is -2.10. The summed E-state index contributed by atoms with van der Waals surface area (Å²) in [6.45, 7) is 5.63. The van der Waals surface area contributed by atoms with Gasteiger partial charge in [-0.25, -0.2) is 9.97 Å². The zero-order chi connectivity index (χ0) is 13.4. The Morgan fingerprint density at radius 1 is 1.44 bits per heavy atom. The van der Waals surface area contributed by atoms with Crippen LogP contribution in [0.2, 0.25) is 0 Å². The predicted octanol–water partition coefficient (Wildman–Crippen LogP) is 0.366. The molecule has 2 N–H and O–H groups in total. The van der Waals surface area contributed by atoms with Crippen LogP contribution in [0.3, 0.4) is 0 Å². The van der Waals surface area contributed by atoms with Gasteiger partial charge in [0.2, 0.25) is 0 Å². The van der Waals surface area contributed by atoms with Crippen LogP contribution in [0.15, 0.2) is 25.0 Å². The maximum Gasteiger partial charge on any atom is 0.271 e. The molecule has 0 saturated carbocycles. The van der Waals surface area contributed by atoms with Gasteiger partial charge in [-0.15, -0.1) is 6.58 Å². The maximum atomic E-state index is 11.5. The first-order valence-corrected chi connectivity index (χ1v) is 5.73. The molecule has 0 radical (unpaired) electrons. The minimum absolute atomic E-state index is 0.248. The van der Waals surface area contributed by atoms with E-state index in [1.54, 1.807) is 12.3 Å². The number of rotatable bonds is 7. The largest absolute Gasteiger partial charge is 0.368 e. The second-order valence-corrected chi connectivity index (χ2v) is 4.02. The Labute approximate surface area is 107 Å². The molecule has 1 rings (SSSR count). The number of hydrogen-bond donors (Lipinski definition) is 2. The van der Waals surface area contributed by atoms with E-state index < -0.39 is 0 Å². The lowest BCUT2D eigenvalue weighted by atomic mass is 10.4. The maximum absolute atomic E-state index is 11.5. The molecule has 6 nitrogen and oxygen atoms in total. The van der Waals surface area contributed by atoms with E-state index in [2.05, 4.69) is 32.1 Å². The van der Waals surface area contributed by atoms with Crippen LogP contribution in [0.1, 0.15) is 10.5 Å². The number of amides is 1. The lowest BCUT2D eigenvalue weighted by molar-refractivity contribution is 0.0952. The fourth-order valence-electron chi connectivity index (χ4n) is 1.20. The van der Waals surface area contributed by atoms with E-state index in [1.165, 1.54) is 6.20 Å². The molecule has 0 fully saturated rings. The molecule has 98 valence electrons. The second-order valence-electron chi connectivity index (χ2n) is 4.02. The standard InChI is InChI=1S/C12H19N5O/c1-4-5-14-12(18)10-8-16-11(9-15-10)13-6-7-17(2)3/h4,8-9H,1,5-7H2,2-3H3,(H,13,16)(H,14,18). The summed E-state index contributed by atoms with van der Waals surface area (Å²) in [5.74, 6) is 0.416. The Balaban J connectivity index is 2.46. The monoisotopic (exact) mass is 249 g/mol. The van der Waals surface area contributed by atoms with Gasteiger partial charge in [-0.1, -0.05) is 6.08 Å². The van der Waals surface area contributed by atoms with Crippen LogP contribution < -0.4 is 10.6 Å². The van der Waals surface area contributed by atoms with Crippen LogP contribution in [0, 0.1) is 0 Å². The van der Waals surface area contributed by atoms with Gasteiger partial charge in [0.15, 0.2) is 0 Å². The summed E-state index contributed by atoms with van der Waals surface area (Å²) in [5.41, 5.74) is 0.301. The highest BCUT2D eigenvalue weighted by Crippen LogP contribution is 2.00. The van der Waals surface area contributed by atoms with Crippen molar-refractivity contribution in [3.8, 4) is 0 Å². The van der Waals surface area contributed by atoms with E-state index in [-0.39, 0.29) is 5.91 Å². The predicted molar refractivity (Wildman–Crippen MR) is 71.6 cm³/mol. The Hall–Kier alpha value is -1.95. The highest BCUT2D eigenvalue weighted by molar-refractivity contribution is 5.92. The molecule has 6 heteroatoms. The Morgan fingerprint density at radius 3 is 2.78 bits per heavy atom. The van der Waals surface area contributed by atoms with Gasteiger partial charge in [-0.3, -0.25) is 4.79 Å². The topological polar surface area (TPSA) is 70.2 Å². The summed E-state index contributed by atoms with van der Waals surface area (Å²) in [4.78, 5) is 21.8. The molecule has 0 spiro atoms. The van der Waals surface area contributed by atoms with Crippen molar-refractivity contribution in [3.63, 3.8) is 0 Å². The van der Waals surface area contributed by atoms with Gasteiger partial charge in [0.05, 0.1) is 12.4 Å². The first kappa shape index (κ1) is 14.1. The second kappa shape index (κ2) is 7.39. The fourth-order valence-corrected chi connectivity index (χ4v) is 1.20. The van der Waals surface area contributed by atoms with E-state index in [4.69, 9.17) is 0 Å². The van der Waals surface area contributed by atoms with Crippen molar-refractivity contribution >= 4 is 11.7 Å². The molecule has 0 bridgehead atoms. The molecule has 1 aromatic rings. The molecular formula is C12H19N5O. The van der Waals surface area contributed by atoms with Crippen molar-refractivity contribution in [3.05, 3.63) is 30.7 Å². The highest BCUT2D eigenvalue weighted by atomic mass is 16.1. The van der Waals surface area contributed by atoms with E-state index in [0.717, 1.165) is 13.1 Å². The van der Waals surface area contributed by atoms with Crippen LogP contribution in [0.5, 0.6) is 0 Å². The molecule has 0 aliphatic carbocycles. The van der Waals surface area contributed by atoms with Gasteiger partial charge in [0.1, 0.15) is 11.5 Å². The van der Waals surface area contributed by atoms with Crippen molar-refractivity contribution in [2.45, 2.75) is 0 Å². The molecule has 0 saturated heterocycles. The van der Waals surface area contributed by atoms with Crippen LogP contribution in [-0.2, 0) is 0 Å². The Bertz CT molecular complexity index is 388. The van der Waals surface area contributed by atoms with Crippen molar-refractivity contribution in [1.82, 2.24) is 20.2 Å². The van der Waals surface area contributed by atoms with Gasteiger partial charge in [0, 0.05) is 19.6 Å². The third kappa shape index (κ3) is 4.92. The first-order chi connectivity index (χ1) is 8.63. The number of carbonyl (C=O) groups excluding carboxylic acids is 1. The lowest BCUT2D eigenvalue weighted by Crippen LogP contribution is -2.24. The Kier molecular flexibility index (Phi) is 5.79. The number of aromatic nitrogens is 2. The molecule has 1 aromatic heterocycles. The van der Waals surface area contributed by atoms with Crippen molar-refractivity contribution in [1.29, 1.82) is 0 Å². The van der Waals surface area contributed by atoms with Gasteiger partial charge in [0.25, 0.3) is 5.91 Å². The molecule has 0 aliphatic heterocycles. The van der Waals surface area contributed by atoms with Crippen LogP contribution in [-0.4, -0.2) is 54.5 Å². The molecule has 0 aliphatic rings. The molecular weight excluding hydrogens is 230 g/mol. The van der Waals surface area contributed by atoms with Gasteiger partial charge >= 0.3 is 0 Å². The van der Waals surface area contributed by atoms with Crippen LogP contribution in [0.25, 0.3) is 0 Å². The summed E-state index contributed by atoms with van der Waals surface area (Å²) in [6, 6.07) is 0. The normalized spacial score (nSPS) is 10.2. The summed E-state index contributed by atoms with van der Waals surface area (Å²) in [6.07, 6.45) is 4.62. The average Bonchev–Trinajstić information content (AvgIpc) is 2.36. The third-order valence-corrected chi connectivity index (χ3v) is 2.16. The van der Waals surface area contributed by atoms with E-state index in [9.17, 15) is 4.79 Å². The van der Waals surface area contributed by atoms with E-state index >= 15 is 0 Å². The number of hydrogen-bond acceptors (Lipinski definition) is 5. The Morgan fingerprint density at radius 2 is 2.22 bits per heavy atom. The first-order valence-electron chi connectivity index (χ1n) is 5.73. The molecule has 0 unspecified atom stereocenters. The fraction of sp³-hybridized carbons (Fsp3) is 0.417. The molecule has 18 heavy (non-hydrogen) atoms. The summed E-state index contributed by atoms with van der Waals surface area (Å²) < 4.78 is 0. The number of carbonyl (C=O) groups is 1. The van der Waals surface area contributed by atoms with E-state index in [1.807, 2.05) is 14.1 Å². The van der Waals surface area contributed by atoms with Gasteiger partial charge in [-0.2, -0.15) is 0 Å². The third-order valence-electron chi connectivity index (χ3n) is 2.16. The zero-order valence-electron chi connectivity index (χ0n) is 10.8. The van der Waals surface area contributed by atoms with Crippen molar-refractivity contribution in [2.24, 2.45) is 0 Å². The van der Waals surface area contributed by atoms with Crippen molar-refractivity contribution in [2.75, 3.05) is 39.0 Å². The van der Waals surface area contributed by atoms with Crippen LogP contribution in [0.4, 0.5) is 5.82 Å². The molecule has 1 amide bonds.